The Labute approximate surface area is 98.2 Å². The third-order valence-corrected chi connectivity index (χ3v) is 3.74. The Hall–Kier alpha value is -0.830. The third-order valence-electron chi connectivity index (χ3n) is 2.89. The second kappa shape index (κ2) is 3.97. The van der Waals surface area contributed by atoms with Gasteiger partial charge in [-0.25, -0.2) is 0 Å². The van der Waals surface area contributed by atoms with Crippen LogP contribution in [0.15, 0.2) is 22.7 Å². The van der Waals surface area contributed by atoms with E-state index < -0.39 is 0 Å². The highest BCUT2D eigenvalue weighted by Crippen LogP contribution is 2.38. The van der Waals surface area contributed by atoms with Gasteiger partial charge in [0.15, 0.2) is 0 Å². The molecule has 1 amide bonds. The normalized spacial score (nSPS) is 23.7. The van der Waals surface area contributed by atoms with Crippen molar-refractivity contribution in [1.29, 1.82) is 0 Å². The van der Waals surface area contributed by atoms with Crippen molar-refractivity contribution in [2.75, 3.05) is 5.32 Å². The maximum Gasteiger partial charge on any atom is 0.227 e. The summed E-state index contributed by atoms with van der Waals surface area (Å²) >= 11 is 3.45. The predicted octanol–water partition coefficient (Wildman–Crippen LogP) is 3.35. The fraction of sp³-hybridized carbons (Fsp3) is 0.417. The first-order valence-electron chi connectivity index (χ1n) is 5.15. The fourth-order valence-corrected chi connectivity index (χ4v) is 1.97. The van der Waals surface area contributed by atoms with Crippen molar-refractivity contribution in [1.82, 2.24) is 0 Å². The number of nitrogens with one attached hydrogen (secondary N) is 1. The average molecular weight is 268 g/mol. The molecule has 1 aliphatic rings. The van der Waals surface area contributed by atoms with Gasteiger partial charge in [0.2, 0.25) is 5.91 Å². The molecular weight excluding hydrogens is 254 g/mol. The Morgan fingerprint density at radius 2 is 2.20 bits per heavy atom. The molecule has 0 aromatic heterocycles. The molecule has 0 radical (unpaired) electrons. The Kier molecular flexibility index (Phi) is 2.83. The first-order valence-corrected chi connectivity index (χ1v) is 5.94. The highest BCUT2D eigenvalue weighted by atomic mass is 79.9. The summed E-state index contributed by atoms with van der Waals surface area (Å²) in [5.41, 5.74) is 2.05. The van der Waals surface area contributed by atoms with E-state index in [9.17, 15) is 4.79 Å². The SMILES string of the molecule is Cc1ccc(NC(=O)C2CC2C)cc1Br. The van der Waals surface area contributed by atoms with Gasteiger partial charge < -0.3 is 5.32 Å². The van der Waals surface area contributed by atoms with Gasteiger partial charge in [0, 0.05) is 16.1 Å². The highest BCUT2D eigenvalue weighted by molar-refractivity contribution is 9.10. The molecule has 2 nitrogen and oxygen atoms in total. The summed E-state index contributed by atoms with van der Waals surface area (Å²) in [5, 5.41) is 2.93. The monoisotopic (exact) mass is 267 g/mol. The molecule has 3 heteroatoms. The van der Waals surface area contributed by atoms with Gasteiger partial charge in [0.1, 0.15) is 0 Å². The summed E-state index contributed by atoms with van der Waals surface area (Å²) in [7, 11) is 0. The molecule has 0 spiro atoms. The molecule has 1 aliphatic carbocycles. The number of carbonyl (C=O) groups excluding carboxylic acids is 1. The lowest BCUT2D eigenvalue weighted by molar-refractivity contribution is -0.117. The van der Waals surface area contributed by atoms with E-state index in [1.54, 1.807) is 0 Å². The number of anilines is 1. The van der Waals surface area contributed by atoms with Crippen molar-refractivity contribution in [2.45, 2.75) is 20.3 Å². The van der Waals surface area contributed by atoms with Gasteiger partial charge in [-0.1, -0.05) is 28.9 Å². The number of benzene rings is 1. The van der Waals surface area contributed by atoms with Gasteiger partial charge in [-0.05, 0) is 37.0 Å². The van der Waals surface area contributed by atoms with Crippen LogP contribution in [0.5, 0.6) is 0 Å². The number of carbonyl (C=O) groups is 1. The molecule has 2 atom stereocenters. The summed E-state index contributed by atoms with van der Waals surface area (Å²) in [6, 6.07) is 5.88. The van der Waals surface area contributed by atoms with E-state index in [1.165, 1.54) is 5.56 Å². The van der Waals surface area contributed by atoms with Crippen LogP contribution in [0, 0.1) is 18.8 Å². The number of rotatable bonds is 2. The lowest BCUT2D eigenvalue weighted by atomic mass is 10.2. The molecule has 1 aromatic carbocycles. The molecule has 1 fully saturated rings. The summed E-state index contributed by atoms with van der Waals surface area (Å²) in [6.07, 6.45) is 1.03. The van der Waals surface area contributed by atoms with Crippen LogP contribution in [0.25, 0.3) is 0 Å². The second-order valence-corrected chi connectivity index (χ2v) is 5.13. The zero-order valence-electron chi connectivity index (χ0n) is 8.88. The van der Waals surface area contributed by atoms with Gasteiger partial charge in [-0.3, -0.25) is 4.79 Å². The van der Waals surface area contributed by atoms with Gasteiger partial charge >= 0.3 is 0 Å². The Morgan fingerprint density at radius 3 is 2.73 bits per heavy atom. The van der Waals surface area contributed by atoms with Gasteiger partial charge in [0.05, 0.1) is 0 Å². The first-order chi connectivity index (χ1) is 7.08. The maximum atomic E-state index is 11.7. The molecule has 0 aliphatic heterocycles. The molecule has 2 unspecified atom stereocenters. The lowest BCUT2D eigenvalue weighted by Crippen LogP contribution is -2.14. The maximum absolute atomic E-state index is 11.7. The number of halogens is 1. The van der Waals surface area contributed by atoms with Gasteiger partial charge in [0.25, 0.3) is 0 Å². The molecule has 0 bridgehead atoms. The van der Waals surface area contributed by atoms with Crippen LogP contribution in [-0.2, 0) is 4.79 Å². The molecule has 0 saturated heterocycles. The smallest absolute Gasteiger partial charge is 0.227 e. The van der Waals surface area contributed by atoms with Crippen molar-refractivity contribution in [3.63, 3.8) is 0 Å². The molecule has 1 aromatic rings. The zero-order valence-corrected chi connectivity index (χ0v) is 10.5. The van der Waals surface area contributed by atoms with Crippen LogP contribution in [0.2, 0.25) is 0 Å². The van der Waals surface area contributed by atoms with E-state index in [1.807, 2.05) is 25.1 Å². The minimum atomic E-state index is 0.151. The Balaban J connectivity index is 2.04. The summed E-state index contributed by atoms with van der Waals surface area (Å²) in [4.78, 5) is 11.7. The largest absolute Gasteiger partial charge is 0.326 e. The molecule has 1 N–H and O–H groups in total. The van der Waals surface area contributed by atoms with Crippen LogP contribution in [0.1, 0.15) is 18.9 Å². The van der Waals surface area contributed by atoms with Crippen molar-refractivity contribution < 1.29 is 4.79 Å². The van der Waals surface area contributed by atoms with Crippen LogP contribution in [0.3, 0.4) is 0 Å². The van der Waals surface area contributed by atoms with Crippen LogP contribution in [-0.4, -0.2) is 5.91 Å². The number of amides is 1. The molecule has 1 saturated carbocycles. The third kappa shape index (κ3) is 2.40. The van der Waals surface area contributed by atoms with E-state index in [0.29, 0.717) is 5.92 Å². The minimum absolute atomic E-state index is 0.151. The summed E-state index contributed by atoms with van der Waals surface area (Å²) < 4.78 is 1.03. The predicted molar refractivity (Wildman–Crippen MR) is 64.8 cm³/mol. The van der Waals surface area contributed by atoms with Crippen LogP contribution >= 0.6 is 15.9 Å². The Morgan fingerprint density at radius 1 is 1.53 bits per heavy atom. The standard InChI is InChI=1S/C12H14BrNO/c1-7-3-4-9(6-11(7)13)14-12(15)10-5-8(10)2/h3-4,6,8,10H,5H2,1-2H3,(H,14,15). The van der Waals surface area contributed by atoms with Crippen molar-refractivity contribution in [3.05, 3.63) is 28.2 Å². The molecule has 80 valence electrons. The quantitative estimate of drug-likeness (QED) is 0.875. The second-order valence-electron chi connectivity index (χ2n) is 4.27. The minimum Gasteiger partial charge on any atom is -0.326 e. The first kappa shape index (κ1) is 10.7. The van der Waals surface area contributed by atoms with Crippen molar-refractivity contribution in [3.8, 4) is 0 Å². The molecular formula is C12H14BrNO. The van der Waals surface area contributed by atoms with E-state index in [0.717, 1.165) is 16.6 Å². The van der Waals surface area contributed by atoms with E-state index in [4.69, 9.17) is 0 Å². The fourth-order valence-electron chi connectivity index (χ4n) is 1.59. The topological polar surface area (TPSA) is 29.1 Å². The number of hydrogen-bond acceptors (Lipinski definition) is 1. The average Bonchev–Trinajstić information content (AvgIpc) is 2.89. The summed E-state index contributed by atoms with van der Waals surface area (Å²) in [6.45, 7) is 4.13. The van der Waals surface area contributed by atoms with Crippen molar-refractivity contribution >= 4 is 27.5 Å². The molecule has 2 rings (SSSR count). The lowest BCUT2D eigenvalue weighted by Gasteiger charge is -2.06. The zero-order chi connectivity index (χ0) is 11.0. The Bertz CT molecular complexity index is 403. The summed E-state index contributed by atoms with van der Waals surface area (Å²) in [5.74, 6) is 0.933. The number of hydrogen-bond donors (Lipinski definition) is 1. The van der Waals surface area contributed by atoms with Crippen LogP contribution in [0.4, 0.5) is 5.69 Å². The van der Waals surface area contributed by atoms with E-state index in [2.05, 4.69) is 28.2 Å². The van der Waals surface area contributed by atoms with Crippen molar-refractivity contribution in [2.24, 2.45) is 11.8 Å². The van der Waals surface area contributed by atoms with Gasteiger partial charge in [-0.2, -0.15) is 0 Å². The van der Waals surface area contributed by atoms with Gasteiger partial charge in [-0.15, -0.1) is 0 Å². The molecule has 15 heavy (non-hydrogen) atoms. The number of aryl methyl sites for hydroxylation is 1. The van der Waals surface area contributed by atoms with Crippen LogP contribution < -0.4 is 5.32 Å². The van der Waals surface area contributed by atoms with E-state index >= 15 is 0 Å². The van der Waals surface area contributed by atoms with E-state index in [-0.39, 0.29) is 11.8 Å². The molecule has 0 heterocycles. The highest BCUT2D eigenvalue weighted by Gasteiger charge is 2.38.